The zero-order valence-corrected chi connectivity index (χ0v) is 22.8. The summed E-state index contributed by atoms with van der Waals surface area (Å²) in [5.41, 5.74) is 10.2. The second-order valence-electron chi connectivity index (χ2n) is 10.4. The molecule has 2 rings (SSSR count). The standard InChI is InChI=1S/C31H46N2/c1-11-24(32-30-26(20(3)4)15-13-16-27(30)21(5)6)19-25(12-2)33-31-28(22(7)8)17-14-18-29(31)23(9)10/h13-18,20-23H,11-12,19H2,1-10H3. The molecule has 33 heavy (non-hydrogen) atoms. The zero-order valence-electron chi connectivity index (χ0n) is 22.8. The highest BCUT2D eigenvalue weighted by atomic mass is 14.8. The molecule has 2 aromatic rings. The van der Waals surface area contributed by atoms with E-state index in [1.807, 2.05) is 0 Å². The highest BCUT2D eigenvalue weighted by molar-refractivity contribution is 6.06. The molecule has 0 unspecified atom stereocenters. The first kappa shape index (κ1) is 27.0. The summed E-state index contributed by atoms with van der Waals surface area (Å²) in [7, 11) is 0. The molecule has 0 radical (unpaired) electrons. The van der Waals surface area contributed by atoms with E-state index in [0.29, 0.717) is 23.7 Å². The summed E-state index contributed by atoms with van der Waals surface area (Å²) in [5.74, 6) is 1.80. The van der Waals surface area contributed by atoms with Crippen LogP contribution < -0.4 is 0 Å². The van der Waals surface area contributed by atoms with E-state index in [9.17, 15) is 0 Å². The van der Waals surface area contributed by atoms with Gasteiger partial charge < -0.3 is 0 Å². The lowest BCUT2D eigenvalue weighted by Gasteiger charge is -2.19. The number of aliphatic imine (C=N–C) groups is 2. The Morgan fingerprint density at radius 1 is 0.545 bits per heavy atom. The van der Waals surface area contributed by atoms with E-state index in [4.69, 9.17) is 9.98 Å². The minimum atomic E-state index is 0.450. The van der Waals surface area contributed by atoms with Crippen molar-refractivity contribution >= 4 is 22.8 Å². The van der Waals surface area contributed by atoms with E-state index < -0.39 is 0 Å². The molecule has 0 aliphatic carbocycles. The Kier molecular flexibility index (Phi) is 10.1. The molecule has 0 bridgehead atoms. The van der Waals surface area contributed by atoms with Crippen LogP contribution in [0.15, 0.2) is 46.4 Å². The molecule has 2 aromatic carbocycles. The fourth-order valence-electron chi connectivity index (χ4n) is 4.32. The second kappa shape index (κ2) is 12.3. The fourth-order valence-corrected chi connectivity index (χ4v) is 4.32. The Bertz CT molecular complexity index is 842. The van der Waals surface area contributed by atoms with E-state index in [-0.39, 0.29) is 0 Å². The molecule has 180 valence electrons. The van der Waals surface area contributed by atoms with Gasteiger partial charge >= 0.3 is 0 Å². The van der Waals surface area contributed by atoms with Crippen LogP contribution in [-0.2, 0) is 0 Å². The average molecular weight is 447 g/mol. The number of benzene rings is 2. The van der Waals surface area contributed by atoms with Crippen LogP contribution in [0.2, 0.25) is 0 Å². The van der Waals surface area contributed by atoms with Crippen LogP contribution in [0.1, 0.15) is 134 Å². The Balaban J connectivity index is 2.58. The normalized spacial score (nSPS) is 13.2. The van der Waals surface area contributed by atoms with E-state index in [1.54, 1.807) is 0 Å². The van der Waals surface area contributed by atoms with Crippen molar-refractivity contribution in [2.75, 3.05) is 0 Å². The third-order valence-corrected chi connectivity index (χ3v) is 6.45. The first-order valence-electron chi connectivity index (χ1n) is 13.0. The zero-order chi connectivity index (χ0) is 24.7. The van der Waals surface area contributed by atoms with Crippen LogP contribution in [0.5, 0.6) is 0 Å². The molecule has 0 atom stereocenters. The average Bonchev–Trinajstić information content (AvgIpc) is 2.77. The molecule has 0 aromatic heterocycles. The number of hydrogen-bond acceptors (Lipinski definition) is 2. The molecule has 0 spiro atoms. The van der Waals surface area contributed by atoms with Gasteiger partial charge in [0.05, 0.1) is 11.4 Å². The van der Waals surface area contributed by atoms with Crippen LogP contribution in [0.3, 0.4) is 0 Å². The monoisotopic (exact) mass is 446 g/mol. The predicted octanol–water partition coefficient (Wildman–Crippen LogP) is 10.2. The summed E-state index contributed by atoms with van der Waals surface area (Å²) in [6.07, 6.45) is 2.71. The van der Waals surface area contributed by atoms with Crippen molar-refractivity contribution in [1.29, 1.82) is 0 Å². The summed E-state index contributed by atoms with van der Waals surface area (Å²) < 4.78 is 0. The summed E-state index contributed by atoms with van der Waals surface area (Å²) in [6.45, 7) is 22.6. The van der Waals surface area contributed by atoms with Gasteiger partial charge in [-0.3, -0.25) is 9.98 Å². The molecule has 0 fully saturated rings. The third-order valence-electron chi connectivity index (χ3n) is 6.45. The Morgan fingerprint density at radius 3 is 1.03 bits per heavy atom. The van der Waals surface area contributed by atoms with Gasteiger partial charge in [-0.25, -0.2) is 0 Å². The maximum Gasteiger partial charge on any atom is 0.0698 e. The Labute approximate surface area is 203 Å². The molecule has 2 nitrogen and oxygen atoms in total. The summed E-state index contributed by atoms with van der Waals surface area (Å²) in [5, 5.41) is 0. The maximum atomic E-state index is 5.30. The Hall–Kier alpha value is -2.22. The predicted molar refractivity (Wildman–Crippen MR) is 149 cm³/mol. The third kappa shape index (κ3) is 6.88. The summed E-state index contributed by atoms with van der Waals surface area (Å²) >= 11 is 0. The van der Waals surface area contributed by atoms with Gasteiger partial charge in [-0.1, -0.05) is 106 Å². The highest BCUT2D eigenvalue weighted by Crippen LogP contribution is 2.37. The molecule has 2 heteroatoms. The van der Waals surface area contributed by atoms with Gasteiger partial charge in [0.1, 0.15) is 0 Å². The van der Waals surface area contributed by atoms with Crippen LogP contribution in [0.4, 0.5) is 11.4 Å². The lowest BCUT2D eigenvalue weighted by atomic mass is 9.92. The van der Waals surface area contributed by atoms with Crippen molar-refractivity contribution in [3.63, 3.8) is 0 Å². The SMILES string of the molecule is CCC(CC(CC)=Nc1c(C(C)C)cccc1C(C)C)=Nc1c(C(C)C)cccc1C(C)C. The molecule has 0 aliphatic rings. The van der Waals surface area contributed by atoms with E-state index in [1.165, 1.54) is 45.1 Å². The van der Waals surface area contributed by atoms with Crippen molar-refractivity contribution in [2.45, 2.75) is 112 Å². The van der Waals surface area contributed by atoms with Crippen molar-refractivity contribution in [3.8, 4) is 0 Å². The molecule has 0 aliphatic heterocycles. The summed E-state index contributed by atoms with van der Waals surface area (Å²) in [6, 6.07) is 13.3. The van der Waals surface area contributed by atoms with Gasteiger partial charge in [0.2, 0.25) is 0 Å². The van der Waals surface area contributed by atoms with Crippen LogP contribution in [-0.4, -0.2) is 11.4 Å². The minimum Gasteiger partial charge on any atom is -0.257 e. The van der Waals surface area contributed by atoms with E-state index in [0.717, 1.165) is 19.3 Å². The fraction of sp³-hybridized carbons (Fsp3) is 0.548. The van der Waals surface area contributed by atoms with Gasteiger partial charge in [0.25, 0.3) is 0 Å². The topological polar surface area (TPSA) is 24.7 Å². The molecule has 0 saturated carbocycles. The largest absolute Gasteiger partial charge is 0.257 e. The van der Waals surface area contributed by atoms with E-state index in [2.05, 4.69) is 106 Å². The van der Waals surface area contributed by atoms with Crippen molar-refractivity contribution in [3.05, 3.63) is 58.7 Å². The lowest BCUT2D eigenvalue weighted by molar-refractivity contribution is 0.833. The van der Waals surface area contributed by atoms with Gasteiger partial charge in [-0.05, 0) is 58.8 Å². The van der Waals surface area contributed by atoms with E-state index >= 15 is 0 Å². The second-order valence-corrected chi connectivity index (χ2v) is 10.4. The van der Waals surface area contributed by atoms with Gasteiger partial charge in [0.15, 0.2) is 0 Å². The quantitative estimate of drug-likeness (QED) is 0.324. The van der Waals surface area contributed by atoms with Crippen LogP contribution >= 0.6 is 0 Å². The number of para-hydroxylation sites is 2. The van der Waals surface area contributed by atoms with Crippen molar-refractivity contribution in [1.82, 2.24) is 0 Å². The number of hydrogen-bond donors (Lipinski definition) is 0. The van der Waals surface area contributed by atoms with Crippen LogP contribution in [0.25, 0.3) is 0 Å². The molecule has 0 amide bonds. The van der Waals surface area contributed by atoms with Crippen LogP contribution in [0, 0.1) is 0 Å². The van der Waals surface area contributed by atoms with Gasteiger partial charge in [-0.2, -0.15) is 0 Å². The van der Waals surface area contributed by atoms with Crippen molar-refractivity contribution < 1.29 is 0 Å². The number of nitrogens with zero attached hydrogens (tertiary/aromatic N) is 2. The van der Waals surface area contributed by atoms with Gasteiger partial charge in [0, 0.05) is 17.8 Å². The Morgan fingerprint density at radius 2 is 0.818 bits per heavy atom. The minimum absolute atomic E-state index is 0.450. The maximum absolute atomic E-state index is 5.30. The van der Waals surface area contributed by atoms with Crippen molar-refractivity contribution in [2.24, 2.45) is 9.98 Å². The highest BCUT2D eigenvalue weighted by Gasteiger charge is 2.16. The summed E-state index contributed by atoms with van der Waals surface area (Å²) in [4.78, 5) is 10.6. The molecule has 0 heterocycles. The molecular formula is C31H46N2. The molecule has 0 saturated heterocycles. The molecule has 0 N–H and O–H groups in total. The van der Waals surface area contributed by atoms with Gasteiger partial charge in [-0.15, -0.1) is 0 Å². The first-order valence-corrected chi connectivity index (χ1v) is 13.0. The molecular weight excluding hydrogens is 400 g/mol. The smallest absolute Gasteiger partial charge is 0.0698 e. The lowest BCUT2D eigenvalue weighted by Crippen LogP contribution is -2.08. The number of rotatable bonds is 10. The first-order chi connectivity index (χ1) is 15.6.